The molecule has 5 rings (SSSR count). The molecular weight excluding hydrogens is 578 g/mol. The zero-order valence-corrected chi connectivity index (χ0v) is 26.6. The number of likely N-dealkylation sites (tertiary alicyclic amines) is 1. The van der Waals surface area contributed by atoms with Gasteiger partial charge < -0.3 is 35.2 Å². The predicted octanol–water partition coefficient (Wildman–Crippen LogP) is 3.71. The van der Waals surface area contributed by atoms with Gasteiger partial charge in [0.1, 0.15) is 23.7 Å². The van der Waals surface area contributed by atoms with E-state index in [4.69, 9.17) is 9.47 Å². The first kappa shape index (κ1) is 32.3. The normalized spacial score (nSPS) is 26.8. The summed E-state index contributed by atoms with van der Waals surface area (Å²) >= 11 is 0. The summed E-state index contributed by atoms with van der Waals surface area (Å²) in [6.07, 6.45) is 4.78. The molecule has 0 spiro atoms. The summed E-state index contributed by atoms with van der Waals surface area (Å²) in [6, 6.07) is 4.63. The monoisotopic (exact) mass is 623 g/mol. The van der Waals surface area contributed by atoms with Crippen LogP contribution in [-0.4, -0.2) is 82.6 Å². The van der Waals surface area contributed by atoms with E-state index in [2.05, 4.69) is 22.5 Å². The molecule has 0 aromatic heterocycles. The number of carbonyl (C=O) groups is 5. The highest BCUT2D eigenvalue weighted by molar-refractivity contribution is 5.97. The van der Waals surface area contributed by atoms with Gasteiger partial charge in [0.25, 0.3) is 0 Å². The van der Waals surface area contributed by atoms with Crippen LogP contribution in [0.3, 0.4) is 0 Å². The van der Waals surface area contributed by atoms with E-state index in [-0.39, 0.29) is 37.6 Å². The third kappa shape index (κ3) is 6.64. The number of nitrogens with zero attached hydrogens (tertiary/aromatic N) is 2. The number of amides is 5. The van der Waals surface area contributed by atoms with Gasteiger partial charge in [-0.3, -0.25) is 9.59 Å². The van der Waals surface area contributed by atoms with Crippen LogP contribution in [0.25, 0.3) is 0 Å². The van der Waals surface area contributed by atoms with Crippen LogP contribution in [0.2, 0.25) is 0 Å². The molecule has 0 bridgehead atoms. The lowest BCUT2D eigenvalue weighted by Crippen LogP contribution is -2.59. The van der Waals surface area contributed by atoms with Crippen LogP contribution in [0, 0.1) is 11.3 Å². The summed E-state index contributed by atoms with van der Waals surface area (Å²) in [5, 5.41) is 8.58. The number of rotatable bonds is 9. The van der Waals surface area contributed by atoms with Crippen LogP contribution < -0.4 is 16.0 Å². The van der Waals surface area contributed by atoms with Gasteiger partial charge in [-0.25, -0.2) is 14.4 Å². The number of benzene rings is 1. The van der Waals surface area contributed by atoms with Gasteiger partial charge in [-0.1, -0.05) is 45.0 Å². The molecule has 2 unspecified atom stereocenters. The molecule has 12 heteroatoms. The maximum Gasteiger partial charge on any atom is 0.408 e. The number of esters is 1. The first-order valence-electron chi connectivity index (χ1n) is 15.9. The van der Waals surface area contributed by atoms with Gasteiger partial charge in [-0.15, -0.1) is 6.58 Å². The molecule has 45 heavy (non-hydrogen) atoms. The third-order valence-corrected chi connectivity index (χ3v) is 9.40. The Kier molecular flexibility index (Phi) is 9.14. The van der Waals surface area contributed by atoms with Gasteiger partial charge in [0, 0.05) is 24.7 Å². The Morgan fingerprint density at radius 2 is 1.89 bits per heavy atom. The molecule has 244 valence electrons. The largest absolute Gasteiger partial charge is 0.464 e. The topological polar surface area (TPSA) is 146 Å². The number of fused-ring (bicyclic) bond motifs is 1. The number of carbonyl (C=O) groups excluding carboxylic acids is 5. The van der Waals surface area contributed by atoms with Crippen molar-refractivity contribution in [1.82, 2.24) is 20.4 Å². The van der Waals surface area contributed by atoms with Gasteiger partial charge in [0.05, 0.1) is 12.6 Å². The Bertz CT molecular complexity index is 1350. The molecule has 1 aromatic carbocycles. The summed E-state index contributed by atoms with van der Waals surface area (Å²) < 4.78 is 10.9. The molecule has 3 fully saturated rings. The Labute approximate surface area is 264 Å². The summed E-state index contributed by atoms with van der Waals surface area (Å²) in [5.74, 6) is -1.85. The summed E-state index contributed by atoms with van der Waals surface area (Å²) in [4.78, 5) is 70.6. The minimum absolute atomic E-state index is 0.0652. The molecule has 1 aromatic rings. The van der Waals surface area contributed by atoms with Crippen LogP contribution >= 0.6 is 0 Å². The van der Waals surface area contributed by atoms with Crippen molar-refractivity contribution in [3.63, 3.8) is 0 Å². The van der Waals surface area contributed by atoms with Crippen LogP contribution in [0.1, 0.15) is 71.8 Å². The Morgan fingerprint density at radius 3 is 2.53 bits per heavy atom. The molecule has 2 aliphatic carbocycles. The number of alkyl carbamates (subject to hydrolysis) is 1. The fraction of sp³-hybridized carbons (Fsp3) is 0.606. The Balaban J connectivity index is 1.41. The smallest absolute Gasteiger partial charge is 0.408 e. The fourth-order valence-electron chi connectivity index (χ4n) is 6.74. The minimum atomic E-state index is -1.25. The van der Waals surface area contributed by atoms with Crippen LogP contribution in [0.4, 0.5) is 15.3 Å². The fourth-order valence-corrected chi connectivity index (χ4v) is 6.74. The lowest BCUT2D eigenvalue weighted by molar-refractivity contribution is -0.150. The Morgan fingerprint density at radius 1 is 1.18 bits per heavy atom. The predicted molar refractivity (Wildman–Crippen MR) is 166 cm³/mol. The van der Waals surface area contributed by atoms with Gasteiger partial charge in [0.15, 0.2) is 0 Å². The zero-order valence-electron chi connectivity index (χ0n) is 26.6. The van der Waals surface area contributed by atoms with E-state index in [0.717, 1.165) is 36.9 Å². The molecule has 3 N–H and O–H groups in total. The van der Waals surface area contributed by atoms with E-state index in [0.29, 0.717) is 13.0 Å². The maximum atomic E-state index is 14.4. The van der Waals surface area contributed by atoms with E-state index in [1.54, 1.807) is 17.9 Å². The van der Waals surface area contributed by atoms with Gasteiger partial charge in [0.2, 0.25) is 11.8 Å². The lowest BCUT2D eigenvalue weighted by atomic mass is 9.85. The van der Waals surface area contributed by atoms with Crippen molar-refractivity contribution in [2.24, 2.45) is 11.3 Å². The van der Waals surface area contributed by atoms with Crippen molar-refractivity contribution in [3.8, 4) is 0 Å². The summed E-state index contributed by atoms with van der Waals surface area (Å²) in [6.45, 7) is 11.5. The molecule has 12 nitrogen and oxygen atoms in total. The van der Waals surface area contributed by atoms with Crippen molar-refractivity contribution >= 4 is 35.6 Å². The van der Waals surface area contributed by atoms with Crippen LogP contribution in [0.15, 0.2) is 36.9 Å². The van der Waals surface area contributed by atoms with Crippen LogP contribution in [-0.2, 0) is 30.4 Å². The van der Waals surface area contributed by atoms with Crippen molar-refractivity contribution < 1.29 is 33.4 Å². The van der Waals surface area contributed by atoms with Gasteiger partial charge >= 0.3 is 18.1 Å². The molecule has 5 atom stereocenters. The Hall–Kier alpha value is -4.09. The summed E-state index contributed by atoms with van der Waals surface area (Å²) in [7, 11) is 0. The van der Waals surface area contributed by atoms with Crippen LogP contribution in [0.5, 0.6) is 0 Å². The molecule has 2 aliphatic heterocycles. The van der Waals surface area contributed by atoms with Crippen molar-refractivity contribution in [2.45, 2.75) is 103 Å². The second-order valence-corrected chi connectivity index (χ2v) is 13.6. The maximum absolute atomic E-state index is 14.4. The second kappa shape index (κ2) is 12.7. The highest BCUT2D eigenvalue weighted by atomic mass is 16.6. The van der Waals surface area contributed by atoms with Crippen molar-refractivity contribution in [2.75, 3.05) is 18.5 Å². The first-order valence-corrected chi connectivity index (χ1v) is 15.9. The summed E-state index contributed by atoms with van der Waals surface area (Å²) in [5.41, 5.74) is -0.351. The number of nitrogens with one attached hydrogen (secondary N) is 3. The number of hydrogen-bond donors (Lipinski definition) is 3. The van der Waals surface area contributed by atoms with Crippen molar-refractivity contribution in [1.29, 1.82) is 0 Å². The van der Waals surface area contributed by atoms with E-state index < -0.39 is 53.0 Å². The average molecular weight is 624 g/mol. The number of ether oxygens (including phenoxy) is 2. The van der Waals surface area contributed by atoms with E-state index in [1.165, 1.54) is 4.90 Å². The lowest BCUT2D eigenvalue weighted by Gasteiger charge is -2.36. The standard InChI is InChI=1S/C33H45N5O7/c1-6-21-17-33(21,29(41)44-7-2)36-27(39)25-16-22(37-18-20-12-8-11-15-24(20)34-30(37)42)19-38(25)28(40)26(32(3,4)5)35-31(43)45-23-13-9-10-14-23/h6,8,11-12,15,21-23,25-26H,1,7,9-10,13-14,16-19H2,2-5H3,(H,34,42)(H,35,43)(H,36,39)/t21?,22-,25?,26-,33-/m1/s1. The van der Waals surface area contributed by atoms with Gasteiger partial charge in [-0.05, 0) is 62.5 Å². The number of anilines is 1. The quantitative estimate of drug-likeness (QED) is 0.281. The van der Waals surface area contributed by atoms with Gasteiger partial charge in [-0.2, -0.15) is 0 Å². The molecule has 2 saturated carbocycles. The number of para-hydroxylation sites is 1. The average Bonchev–Trinajstić information content (AvgIpc) is 3.29. The molecule has 1 saturated heterocycles. The van der Waals surface area contributed by atoms with Crippen molar-refractivity contribution in [3.05, 3.63) is 42.5 Å². The molecule has 2 heterocycles. The molecule has 4 aliphatic rings. The number of urea groups is 1. The second-order valence-electron chi connectivity index (χ2n) is 13.6. The molecular formula is C33H45N5O7. The zero-order chi connectivity index (χ0) is 32.5. The minimum Gasteiger partial charge on any atom is -0.464 e. The van der Waals surface area contributed by atoms with E-state index >= 15 is 0 Å². The SMILES string of the molecule is C=CC1C[C@]1(NC(=O)C1C[C@@H](N2Cc3ccccc3NC2=O)CN1C(=O)[C@@H](NC(=O)OC1CCCC1)C(C)(C)C)C(=O)OCC. The van der Waals surface area contributed by atoms with E-state index in [9.17, 15) is 24.0 Å². The first-order chi connectivity index (χ1) is 21.4. The highest BCUT2D eigenvalue weighted by Crippen LogP contribution is 2.46. The third-order valence-electron chi connectivity index (χ3n) is 9.40. The molecule has 5 amide bonds. The molecule has 0 radical (unpaired) electrons. The van der Waals surface area contributed by atoms with E-state index in [1.807, 2.05) is 45.0 Å². The number of hydrogen-bond acceptors (Lipinski definition) is 7. The highest BCUT2D eigenvalue weighted by Gasteiger charge is 2.62.